The van der Waals surface area contributed by atoms with Crippen molar-refractivity contribution in [2.75, 3.05) is 6.61 Å². The highest BCUT2D eigenvalue weighted by atomic mass is 16.5. The molecule has 136 valence electrons. The number of aromatic nitrogens is 4. The molecule has 0 fully saturated rings. The molecule has 0 saturated heterocycles. The number of amides is 1. The fraction of sp³-hybridized carbons (Fsp3) is 0.562. The van der Waals surface area contributed by atoms with Gasteiger partial charge in [0, 0.05) is 6.92 Å². The zero-order valence-electron chi connectivity index (χ0n) is 15.0. The van der Waals surface area contributed by atoms with E-state index in [0.29, 0.717) is 23.9 Å². The van der Waals surface area contributed by atoms with Gasteiger partial charge in [-0.3, -0.25) is 9.89 Å². The van der Waals surface area contributed by atoms with Gasteiger partial charge in [-0.1, -0.05) is 13.8 Å². The maximum Gasteiger partial charge on any atom is 0.378 e. The molecule has 2 aromatic heterocycles. The van der Waals surface area contributed by atoms with Gasteiger partial charge < -0.3 is 14.5 Å². The molecule has 0 spiro atoms. The second-order valence-corrected chi connectivity index (χ2v) is 6.06. The van der Waals surface area contributed by atoms with Crippen molar-refractivity contribution in [3.05, 3.63) is 29.0 Å². The molecule has 2 heterocycles. The summed E-state index contributed by atoms with van der Waals surface area (Å²) in [7, 11) is 0. The highest BCUT2D eigenvalue weighted by Gasteiger charge is 2.25. The van der Waals surface area contributed by atoms with Crippen LogP contribution in [0.2, 0.25) is 0 Å². The molecule has 1 atom stereocenters. The number of nitrogens with one attached hydrogen (secondary N) is 2. The first-order valence-electron chi connectivity index (χ1n) is 8.16. The molecule has 9 nitrogen and oxygen atoms in total. The summed E-state index contributed by atoms with van der Waals surface area (Å²) in [5.74, 6) is 0.505. The Balaban J connectivity index is 2.20. The van der Waals surface area contributed by atoms with Crippen molar-refractivity contribution < 1.29 is 18.7 Å². The van der Waals surface area contributed by atoms with E-state index in [-0.39, 0.29) is 30.0 Å². The molecular formula is C16H23N5O4. The number of oxazole rings is 1. The minimum absolute atomic E-state index is 0.0617. The number of esters is 1. The van der Waals surface area contributed by atoms with Gasteiger partial charge in [-0.2, -0.15) is 0 Å². The maximum atomic E-state index is 12.5. The number of aromatic amines is 1. The third kappa shape index (κ3) is 4.65. The number of nitrogens with zero attached hydrogens (tertiary/aromatic N) is 3. The largest absolute Gasteiger partial charge is 0.460 e. The summed E-state index contributed by atoms with van der Waals surface area (Å²) in [6.07, 6.45) is 0.610. The van der Waals surface area contributed by atoms with Gasteiger partial charge in [0.15, 0.2) is 11.6 Å². The first-order chi connectivity index (χ1) is 11.8. The second kappa shape index (κ2) is 7.91. The molecule has 0 aromatic carbocycles. The first kappa shape index (κ1) is 18.6. The molecule has 9 heteroatoms. The van der Waals surface area contributed by atoms with Crippen LogP contribution in [0, 0.1) is 19.8 Å². The molecule has 0 saturated carbocycles. The van der Waals surface area contributed by atoms with Crippen LogP contribution in [0.4, 0.5) is 0 Å². The van der Waals surface area contributed by atoms with E-state index in [1.807, 2.05) is 13.8 Å². The zero-order chi connectivity index (χ0) is 18.6. The fourth-order valence-corrected chi connectivity index (χ4v) is 2.39. The van der Waals surface area contributed by atoms with E-state index in [1.54, 1.807) is 20.8 Å². The van der Waals surface area contributed by atoms with Crippen molar-refractivity contribution in [1.82, 2.24) is 25.5 Å². The summed E-state index contributed by atoms with van der Waals surface area (Å²) in [5, 5.41) is 9.45. The molecule has 0 aliphatic heterocycles. The van der Waals surface area contributed by atoms with Crippen LogP contribution in [-0.4, -0.2) is 38.6 Å². The number of hydrogen-bond acceptors (Lipinski definition) is 7. The van der Waals surface area contributed by atoms with Crippen LogP contribution in [0.5, 0.6) is 0 Å². The lowest BCUT2D eigenvalue weighted by molar-refractivity contribution is 0.0512. The molecule has 1 unspecified atom stereocenters. The van der Waals surface area contributed by atoms with Crippen LogP contribution in [0.3, 0.4) is 0 Å². The summed E-state index contributed by atoms with van der Waals surface area (Å²) in [4.78, 5) is 32.5. The zero-order valence-corrected chi connectivity index (χ0v) is 15.0. The van der Waals surface area contributed by atoms with Crippen molar-refractivity contribution in [3.8, 4) is 0 Å². The van der Waals surface area contributed by atoms with Gasteiger partial charge >= 0.3 is 5.97 Å². The lowest BCUT2D eigenvalue weighted by atomic mass is 10.0. The minimum atomic E-state index is -0.609. The molecule has 2 N–H and O–H groups in total. The number of H-pyrrole nitrogens is 1. The predicted molar refractivity (Wildman–Crippen MR) is 88.0 cm³/mol. The maximum absolute atomic E-state index is 12.5. The Morgan fingerprint density at radius 3 is 2.56 bits per heavy atom. The van der Waals surface area contributed by atoms with E-state index >= 15 is 0 Å². The lowest BCUT2D eigenvalue weighted by Gasteiger charge is -2.17. The number of carbonyl (C=O) groups is 2. The Bertz CT molecular complexity index is 750. The summed E-state index contributed by atoms with van der Waals surface area (Å²) in [6.45, 7) is 9.34. The van der Waals surface area contributed by atoms with Crippen LogP contribution in [-0.2, 0) is 4.74 Å². The summed E-state index contributed by atoms with van der Waals surface area (Å²) >= 11 is 0. The van der Waals surface area contributed by atoms with Crippen molar-refractivity contribution in [3.63, 3.8) is 0 Å². The third-order valence-corrected chi connectivity index (χ3v) is 3.42. The number of carbonyl (C=O) groups excluding carboxylic acids is 2. The fourth-order valence-electron chi connectivity index (χ4n) is 2.39. The molecule has 0 radical (unpaired) electrons. The van der Waals surface area contributed by atoms with E-state index in [2.05, 4.69) is 25.5 Å². The lowest BCUT2D eigenvalue weighted by Crippen LogP contribution is -2.31. The molecule has 0 aliphatic carbocycles. The van der Waals surface area contributed by atoms with Crippen LogP contribution >= 0.6 is 0 Å². The number of ether oxygens (including phenoxy) is 1. The first-order valence-corrected chi connectivity index (χ1v) is 8.16. The minimum Gasteiger partial charge on any atom is -0.460 e. The smallest absolute Gasteiger partial charge is 0.378 e. The Kier molecular flexibility index (Phi) is 5.89. The molecule has 2 aromatic rings. The van der Waals surface area contributed by atoms with Gasteiger partial charge in [-0.05, 0) is 26.2 Å². The molecule has 0 aliphatic rings. The summed E-state index contributed by atoms with van der Waals surface area (Å²) < 4.78 is 10.2. The molecule has 1 amide bonds. The Morgan fingerprint density at radius 1 is 1.28 bits per heavy atom. The van der Waals surface area contributed by atoms with Crippen molar-refractivity contribution in [1.29, 1.82) is 0 Å². The average Bonchev–Trinajstić information content (AvgIpc) is 3.13. The quantitative estimate of drug-likeness (QED) is 0.734. The standard InChI is InChI=1S/C16H23N5O4/c1-6-24-16(23)14-19-13(20-21-14)11(7-8(2)3)18-15(22)12-9(4)25-10(5)17-12/h8,11H,6-7H2,1-5H3,(H,18,22)(H,19,20,21). The summed E-state index contributed by atoms with van der Waals surface area (Å²) in [6, 6.07) is -0.445. The van der Waals surface area contributed by atoms with Gasteiger partial charge in [-0.15, -0.1) is 5.10 Å². The summed E-state index contributed by atoms with van der Waals surface area (Å²) in [5.41, 5.74) is 0.233. The van der Waals surface area contributed by atoms with Gasteiger partial charge in [0.25, 0.3) is 11.7 Å². The van der Waals surface area contributed by atoms with Crippen molar-refractivity contribution >= 4 is 11.9 Å². The molecular weight excluding hydrogens is 326 g/mol. The van der Waals surface area contributed by atoms with Gasteiger partial charge in [0.05, 0.1) is 12.6 Å². The second-order valence-electron chi connectivity index (χ2n) is 6.06. The molecule has 0 bridgehead atoms. The highest BCUT2D eigenvalue weighted by molar-refractivity contribution is 5.93. The average molecular weight is 349 g/mol. The SMILES string of the molecule is CCOC(=O)c1n[nH]c(C(CC(C)C)NC(=O)c2nc(C)oc2C)n1. The van der Waals surface area contributed by atoms with E-state index in [4.69, 9.17) is 9.15 Å². The van der Waals surface area contributed by atoms with Crippen molar-refractivity contribution in [2.24, 2.45) is 5.92 Å². The van der Waals surface area contributed by atoms with E-state index in [9.17, 15) is 9.59 Å². The van der Waals surface area contributed by atoms with E-state index in [0.717, 1.165) is 0 Å². The van der Waals surface area contributed by atoms with Gasteiger partial charge in [0.2, 0.25) is 0 Å². The van der Waals surface area contributed by atoms with E-state index < -0.39 is 12.0 Å². The van der Waals surface area contributed by atoms with Crippen LogP contribution in [0.15, 0.2) is 4.42 Å². The Labute approximate surface area is 145 Å². The van der Waals surface area contributed by atoms with Crippen LogP contribution in [0.25, 0.3) is 0 Å². The predicted octanol–water partition coefficient (Wildman–Crippen LogP) is 2.10. The number of rotatable bonds is 7. The van der Waals surface area contributed by atoms with Crippen LogP contribution < -0.4 is 5.32 Å². The molecule has 25 heavy (non-hydrogen) atoms. The number of hydrogen-bond donors (Lipinski definition) is 2. The van der Waals surface area contributed by atoms with Crippen molar-refractivity contribution in [2.45, 2.75) is 47.1 Å². The normalized spacial score (nSPS) is 12.2. The van der Waals surface area contributed by atoms with Crippen LogP contribution in [0.1, 0.15) is 71.8 Å². The molecule has 2 rings (SSSR count). The monoisotopic (exact) mass is 349 g/mol. The third-order valence-electron chi connectivity index (χ3n) is 3.42. The van der Waals surface area contributed by atoms with Gasteiger partial charge in [-0.25, -0.2) is 14.8 Å². The topological polar surface area (TPSA) is 123 Å². The Hall–Kier alpha value is -2.71. The highest BCUT2D eigenvalue weighted by Crippen LogP contribution is 2.20. The van der Waals surface area contributed by atoms with E-state index in [1.165, 1.54) is 0 Å². The Morgan fingerprint density at radius 2 is 2.00 bits per heavy atom. The van der Waals surface area contributed by atoms with Gasteiger partial charge in [0.1, 0.15) is 11.6 Å². The number of aryl methyl sites for hydroxylation is 2.